The summed E-state index contributed by atoms with van der Waals surface area (Å²) in [7, 11) is -1.78. The van der Waals surface area contributed by atoms with Crippen LogP contribution >= 0.6 is 0 Å². The molecule has 1 aromatic heterocycles. The molecule has 0 spiro atoms. The molecule has 3 heterocycles. The number of anilines is 1. The number of para-hydroxylation sites is 1. The van der Waals surface area contributed by atoms with Crippen molar-refractivity contribution in [2.75, 3.05) is 38.3 Å². The summed E-state index contributed by atoms with van der Waals surface area (Å²) in [5.74, 6) is 0.475. The Morgan fingerprint density at radius 1 is 1.03 bits per heavy atom. The molecular formula is C23H24N5O4S+. The Bertz CT molecular complexity index is 1300. The SMILES string of the molecule is CN1C(=O)Cc2cnc([NH2+]c3ccc(S(=O)(=O)N4CCOCC4)cc3)nc2-c2ccccc21. The zero-order chi connectivity index (χ0) is 23.0. The largest absolute Gasteiger partial charge is 0.379 e. The number of nitrogens with zero attached hydrogens (tertiary/aromatic N) is 4. The number of aromatic nitrogens is 2. The molecule has 9 nitrogen and oxygen atoms in total. The Hall–Kier alpha value is -3.18. The van der Waals surface area contributed by atoms with E-state index in [4.69, 9.17) is 9.72 Å². The standard InChI is InChI=1S/C23H23N5O4S/c1-27-20-5-3-2-4-19(20)22-16(14-21(27)29)15-24-23(26-22)25-17-6-8-18(9-7-17)33(30,31)28-10-12-32-13-11-28/h2-9,15H,10-14H2,1H3,(H,24,25,26)/p+1. The van der Waals surface area contributed by atoms with E-state index in [0.29, 0.717) is 32.3 Å². The molecule has 170 valence electrons. The van der Waals surface area contributed by atoms with Crippen LogP contribution in [0, 0.1) is 0 Å². The number of likely N-dealkylation sites (N-methyl/N-ethyl adjacent to an activating group) is 1. The molecule has 10 heteroatoms. The Balaban J connectivity index is 1.41. The smallest absolute Gasteiger partial charge is 0.331 e. The van der Waals surface area contributed by atoms with Gasteiger partial charge in [-0.15, -0.1) is 0 Å². The van der Waals surface area contributed by atoms with Crippen molar-refractivity contribution >= 4 is 33.3 Å². The molecule has 1 fully saturated rings. The second kappa shape index (κ2) is 8.64. The van der Waals surface area contributed by atoms with E-state index in [1.807, 2.05) is 24.3 Å². The molecule has 1 amide bonds. The van der Waals surface area contributed by atoms with Gasteiger partial charge in [0.2, 0.25) is 15.9 Å². The number of hydrogen-bond acceptors (Lipinski definition) is 6. The van der Waals surface area contributed by atoms with Gasteiger partial charge in [-0.2, -0.15) is 14.3 Å². The number of ether oxygens (including phenoxy) is 1. The van der Waals surface area contributed by atoms with Crippen molar-refractivity contribution in [2.24, 2.45) is 0 Å². The number of rotatable bonds is 4. The van der Waals surface area contributed by atoms with Crippen molar-refractivity contribution < 1.29 is 23.3 Å². The van der Waals surface area contributed by atoms with Gasteiger partial charge in [-0.05, 0) is 18.2 Å². The molecule has 2 N–H and O–H groups in total. The van der Waals surface area contributed by atoms with Crippen molar-refractivity contribution in [3.63, 3.8) is 0 Å². The molecule has 0 atom stereocenters. The lowest BCUT2D eigenvalue weighted by Gasteiger charge is -2.25. The zero-order valence-corrected chi connectivity index (χ0v) is 19.0. The highest BCUT2D eigenvalue weighted by Crippen LogP contribution is 2.34. The maximum absolute atomic E-state index is 12.8. The minimum absolute atomic E-state index is 0.0152. The van der Waals surface area contributed by atoms with Crippen molar-refractivity contribution in [3.8, 4) is 11.3 Å². The maximum atomic E-state index is 12.8. The van der Waals surface area contributed by atoms with E-state index in [0.717, 1.165) is 28.2 Å². The number of benzene rings is 2. The average molecular weight is 467 g/mol. The molecule has 2 aliphatic rings. The lowest BCUT2D eigenvalue weighted by Crippen LogP contribution is -2.72. The topological polar surface area (TPSA) is 109 Å². The monoisotopic (exact) mass is 466 g/mol. The van der Waals surface area contributed by atoms with Crippen LogP contribution in [0.1, 0.15) is 5.56 Å². The lowest BCUT2D eigenvalue weighted by molar-refractivity contribution is -0.487. The molecule has 5 rings (SSSR count). The van der Waals surface area contributed by atoms with Crippen molar-refractivity contribution in [3.05, 3.63) is 60.3 Å². The number of carbonyl (C=O) groups excluding carboxylic acids is 1. The summed E-state index contributed by atoms with van der Waals surface area (Å²) in [4.78, 5) is 23.6. The normalized spacial score (nSPS) is 16.8. The molecular weight excluding hydrogens is 442 g/mol. The fourth-order valence-electron chi connectivity index (χ4n) is 4.06. The molecule has 33 heavy (non-hydrogen) atoms. The van der Waals surface area contributed by atoms with Crippen LogP contribution in [0.5, 0.6) is 0 Å². The summed E-state index contributed by atoms with van der Waals surface area (Å²) in [6.07, 6.45) is 1.92. The Morgan fingerprint density at radius 3 is 2.52 bits per heavy atom. The van der Waals surface area contributed by atoms with E-state index in [1.165, 1.54) is 4.31 Å². The number of hydrogen-bond donors (Lipinski definition) is 1. The average Bonchev–Trinajstić information content (AvgIpc) is 2.95. The number of quaternary nitrogens is 1. The first kappa shape index (κ1) is 21.7. The summed E-state index contributed by atoms with van der Waals surface area (Å²) < 4.78 is 32.3. The van der Waals surface area contributed by atoms with Crippen LogP contribution in [-0.4, -0.2) is 61.9 Å². The fraction of sp³-hybridized carbons (Fsp3) is 0.261. The second-order valence-corrected chi connectivity index (χ2v) is 9.92. The first-order chi connectivity index (χ1) is 15.9. The Morgan fingerprint density at radius 2 is 1.76 bits per heavy atom. The van der Waals surface area contributed by atoms with E-state index in [2.05, 4.69) is 4.98 Å². The molecule has 0 saturated carbocycles. The maximum Gasteiger partial charge on any atom is 0.331 e. The first-order valence-corrected chi connectivity index (χ1v) is 12.1. The molecule has 2 aliphatic heterocycles. The van der Waals surface area contributed by atoms with Crippen molar-refractivity contribution in [1.29, 1.82) is 0 Å². The summed E-state index contributed by atoms with van der Waals surface area (Å²) in [5.41, 5.74) is 3.98. The lowest BCUT2D eigenvalue weighted by atomic mass is 10.1. The van der Waals surface area contributed by atoms with Gasteiger partial charge in [-0.1, -0.05) is 18.2 Å². The summed E-state index contributed by atoms with van der Waals surface area (Å²) in [6.45, 7) is 1.53. The highest BCUT2D eigenvalue weighted by Gasteiger charge is 2.27. The van der Waals surface area contributed by atoms with Crippen LogP contribution in [-0.2, 0) is 26.0 Å². The number of sulfonamides is 1. The minimum atomic E-state index is -3.54. The number of carbonyl (C=O) groups is 1. The summed E-state index contributed by atoms with van der Waals surface area (Å²) in [5, 5.41) is 1.80. The third kappa shape index (κ3) is 4.13. The van der Waals surface area contributed by atoms with Gasteiger partial charge in [0.15, 0.2) is 0 Å². The number of nitrogens with two attached hydrogens (primary N) is 1. The van der Waals surface area contributed by atoms with E-state index < -0.39 is 10.0 Å². The number of amides is 1. The Kier molecular flexibility index (Phi) is 5.67. The number of morpholine rings is 1. The predicted octanol–water partition coefficient (Wildman–Crippen LogP) is 1.21. The van der Waals surface area contributed by atoms with E-state index in [-0.39, 0.29) is 17.2 Å². The minimum Gasteiger partial charge on any atom is -0.379 e. The van der Waals surface area contributed by atoms with Crippen LogP contribution in [0.4, 0.5) is 17.3 Å². The van der Waals surface area contributed by atoms with Gasteiger partial charge in [-0.3, -0.25) is 4.79 Å². The third-order valence-corrected chi connectivity index (χ3v) is 7.82. The quantitative estimate of drug-likeness (QED) is 0.579. The van der Waals surface area contributed by atoms with Crippen LogP contribution in [0.25, 0.3) is 11.3 Å². The Labute approximate surface area is 192 Å². The van der Waals surface area contributed by atoms with Gasteiger partial charge in [0.1, 0.15) is 5.69 Å². The predicted molar refractivity (Wildman–Crippen MR) is 122 cm³/mol. The van der Waals surface area contributed by atoms with Gasteiger partial charge in [0.05, 0.1) is 35.9 Å². The molecule has 0 radical (unpaired) electrons. The highest BCUT2D eigenvalue weighted by molar-refractivity contribution is 7.89. The van der Waals surface area contributed by atoms with E-state index in [1.54, 1.807) is 47.7 Å². The van der Waals surface area contributed by atoms with Crippen LogP contribution in [0.15, 0.2) is 59.6 Å². The fourth-order valence-corrected chi connectivity index (χ4v) is 5.46. The van der Waals surface area contributed by atoms with Gasteiger partial charge in [-0.25, -0.2) is 13.7 Å². The molecule has 1 saturated heterocycles. The van der Waals surface area contributed by atoms with Gasteiger partial charge in [0, 0.05) is 49.6 Å². The summed E-state index contributed by atoms with van der Waals surface area (Å²) >= 11 is 0. The van der Waals surface area contributed by atoms with Crippen molar-refractivity contribution in [1.82, 2.24) is 14.3 Å². The van der Waals surface area contributed by atoms with Crippen LogP contribution in [0.3, 0.4) is 0 Å². The van der Waals surface area contributed by atoms with Gasteiger partial charge >= 0.3 is 5.95 Å². The molecule has 0 aliphatic carbocycles. The van der Waals surface area contributed by atoms with E-state index >= 15 is 0 Å². The van der Waals surface area contributed by atoms with Crippen molar-refractivity contribution in [2.45, 2.75) is 11.3 Å². The van der Waals surface area contributed by atoms with Gasteiger partial charge < -0.3 is 9.64 Å². The molecule has 0 unspecified atom stereocenters. The molecule has 0 bridgehead atoms. The van der Waals surface area contributed by atoms with Crippen LogP contribution < -0.4 is 10.2 Å². The summed E-state index contributed by atoms with van der Waals surface area (Å²) in [6, 6.07) is 14.4. The first-order valence-electron chi connectivity index (χ1n) is 10.7. The zero-order valence-electron chi connectivity index (χ0n) is 18.1. The number of fused-ring (bicyclic) bond motifs is 3. The van der Waals surface area contributed by atoms with E-state index in [9.17, 15) is 13.2 Å². The molecule has 3 aromatic rings. The highest BCUT2D eigenvalue weighted by atomic mass is 32.2. The third-order valence-electron chi connectivity index (χ3n) is 5.90. The van der Waals surface area contributed by atoms with Gasteiger partial charge in [0.25, 0.3) is 0 Å². The second-order valence-electron chi connectivity index (χ2n) is 7.98. The molecule has 2 aromatic carbocycles. The van der Waals surface area contributed by atoms with Crippen LogP contribution in [0.2, 0.25) is 0 Å².